The molecule has 1 aromatic heterocycles. The van der Waals surface area contributed by atoms with Crippen LogP contribution in [-0.2, 0) is 9.59 Å². The average Bonchev–Trinajstić information content (AvgIpc) is 2.75. The van der Waals surface area contributed by atoms with Crippen LogP contribution in [0.2, 0.25) is 0 Å². The van der Waals surface area contributed by atoms with Crippen molar-refractivity contribution in [1.82, 2.24) is 15.3 Å². The number of rotatable bonds is 2. The summed E-state index contributed by atoms with van der Waals surface area (Å²) in [6.07, 6.45) is 4.12. The second-order valence-electron chi connectivity index (χ2n) is 3.09. The molecular weight excluding hydrogens is 184 g/mol. The van der Waals surface area contributed by atoms with Gasteiger partial charge >= 0.3 is 0 Å². The van der Waals surface area contributed by atoms with Crippen LogP contribution in [-0.4, -0.2) is 27.8 Å². The number of aromatic nitrogens is 2. The number of carbonyl (C=O) groups is 2. The first-order chi connectivity index (χ1) is 6.75. The molecule has 1 aliphatic rings. The van der Waals surface area contributed by atoms with E-state index < -0.39 is 6.04 Å². The number of hydrogen-bond acceptors (Lipinski definition) is 3. The Morgan fingerprint density at radius 2 is 2.50 bits per heavy atom. The number of nitrogens with zero attached hydrogens (tertiary/aromatic N) is 1. The maximum atomic E-state index is 11.5. The highest BCUT2D eigenvalue weighted by Gasteiger charge is 2.27. The van der Waals surface area contributed by atoms with Crippen LogP contribution in [0.15, 0.2) is 12.4 Å². The molecule has 2 heterocycles. The van der Waals surface area contributed by atoms with Gasteiger partial charge in [0, 0.05) is 18.8 Å². The van der Waals surface area contributed by atoms with E-state index in [1.165, 1.54) is 0 Å². The van der Waals surface area contributed by atoms with Gasteiger partial charge in [-0.25, -0.2) is 4.98 Å². The quantitative estimate of drug-likeness (QED) is 0.600. The van der Waals surface area contributed by atoms with Crippen LogP contribution in [0.1, 0.15) is 12.8 Å². The lowest BCUT2D eigenvalue weighted by Gasteiger charge is -2.08. The summed E-state index contributed by atoms with van der Waals surface area (Å²) in [5, 5.41) is 5.14. The Morgan fingerprint density at radius 1 is 1.64 bits per heavy atom. The molecule has 2 rings (SSSR count). The maximum absolute atomic E-state index is 11.5. The third-order valence-electron chi connectivity index (χ3n) is 2.05. The van der Waals surface area contributed by atoms with Gasteiger partial charge in [0.2, 0.25) is 17.8 Å². The standard InChI is InChI=1S/C8H10N4O2/c13-6-2-1-5(11-6)7(14)12-8-9-3-4-10-8/h3-5H,1-2H2,(H,11,13)(H2,9,10,12,14). The predicted molar refractivity (Wildman–Crippen MR) is 48.4 cm³/mol. The van der Waals surface area contributed by atoms with Gasteiger partial charge in [-0.2, -0.15) is 0 Å². The minimum absolute atomic E-state index is 0.0791. The second kappa shape index (κ2) is 3.49. The van der Waals surface area contributed by atoms with Crippen molar-refractivity contribution >= 4 is 17.8 Å². The molecule has 1 saturated heterocycles. The van der Waals surface area contributed by atoms with Gasteiger partial charge in [-0.1, -0.05) is 0 Å². The van der Waals surface area contributed by atoms with Crippen molar-refractivity contribution in [2.75, 3.05) is 5.32 Å². The number of H-pyrrole nitrogens is 1. The molecule has 6 nitrogen and oxygen atoms in total. The minimum Gasteiger partial charge on any atom is -0.344 e. The van der Waals surface area contributed by atoms with E-state index in [9.17, 15) is 9.59 Å². The van der Waals surface area contributed by atoms with Crippen molar-refractivity contribution in [3.05, 3.63) is 12.4 Å². The second-order valence-corrected chi connectivity index (χ2v) is 3.09. The monoisotopic (exact) mass is 194 g/mol. The molecule has 2 amide bonds. The smallest absolute Gasteiger partial charge is 0.249 e. The van der Waals surface area contributed by atoms with Crippen LogP contribution >= 0.6 is 0 Å². The van der Waals surface area contributed by atoms with Gasteiger partial charge in [-0.15, -0.1) is 0 Å². The fourth-order valence-electron chi connectivity index (χ4n) is 1.35. The fourth-order valence-corrected chi connectivity index (χ4v) is 1.35. The highest BCUT2D eigenvalue weighted by Crippen LogP contribution is 2.08. The van der Waals surface area contributed by atoms with E-state index >= 15 is 0 Å². The number of imidazole rings is 1. The summed E-state index contributed by atoms with van der Waals surface area (Å²) in [4.78, 5) is 28.9. The van der Waals surface area contributed by atoms with E-state index in [0.29, 0.717) is 18.8 Å². The minimum atomic E-state index is -0.424. The number of aromatic amines is 1. The van der Waals surface area contributed by atoms with E-state index in [2.05, 4.69) is 20.6 Å². The van der Waals surface area contributed by atoms with Gasteiger partial charge < -0.3 is 10.3 Å². The fraction of sp³-hybridized carbons (Fsp3) is 0.375. The van der Waals surface area contributed by atoms with Crippen LogP contribution in [0.5, 0.6) is 0 Å². The van der Waals surface area contributed by atoms with Crippen molar-refractivity contribution in [2.24, 2.45) is 0 Å². The summed E-state index contributed by atoms with van der Waals surface area (Å²) < 4.78 is 0. The first-order valence-corrected chi connectivity index (χ1v) is 4.35. The van der Waals surface area contributed by atoms with Crippen LogP contribution in [0, 0.1) is 0 Å². The largest absolute Gasteiger partial charge is 0.344 e. The van der Waals surface area contributed by atoms with Crippen molar-refractivity contribution < 1.29 is 9.59 Å². The first kappa shape index (κ1) is 8.74. The molecule has 3 N–H and O–H groups in total. The van der Waals surface area contributed by atoms with Gasteiger partial charge in [0.15, 0.2) is 0 Å². The molecule has 0 bridgehead atoms. The molecule has 74 valence electrons. The molecule has 0 radical (unpaired) electrons. The van der Waals surface area contributed by atoms with Gasteiger partial charge in [0.1, 0.15) is 6.04 Å². The number of hydrogen-bond donors (Lipinski definition) is 3. The molecule has 0 spiro atoms. The molecule has 6 heteroatoms. The summed E-state index contributed by atoms with van der Waals surface area (Å²) in [5.41, 5.74) is 0. The van der Waals surface area contributed by atoms with E-state index in [0.717, 1.165) is 0 Å². The Balaban J connectivity index is 1.93. The van der Waals surface area contributed by atoms with Crippen LogP contribution < -0.4 is 10.6 Å². The number of carbonyl (C=O) groups excluding carboxylic acids is 2. The Hall–Kier alpha value is -1.85. The Morgan fingerprint density at radius 3 is 3.07 bits per heavy atom. The zero-order valence-corrected chi connectivity index (χ0v) is 7.41. The SMILES string of the molecule is O=C1CCC(C(=O)Nc2ncc[nH]2)N1. The normalized spacial score (nSPS) is 20.6. The Kier molecular flexibility index (Phi) is 2.18. The summed E-state index contributed by atoms with van der Waals surface area (Å²) in [6.45, 7) is 0. The van der Waals surface area contributed by atoms with E-state index in [4.69, 9.17) is 0 Å². The van der Waals surface area contributed by atoms with Crippen molar-refractivity contribution in [2.45, 2.75) is 18.9 Å². The molecule has 1 atom stereocenters. The zero-order valence-electron chi connectivity index (χ0n) is 7.41. The lowest BCUT2D eigenvalue weighted by molar-refractivity contribution is -0.122. The van der Waals surface area contributed by atoms with Crippen molar-refractivity contribution in [3.8, 4) is 0 Å². The molecule has 14 heavy (non-hydrogen) atoms. The van der Waals surface area contributed by atoms with Gasteiger partial charge in [-0.3, -0.25) is 14.9 Å². The highest BCUT2D eigenvalue weighted by molar-refractivity contribution is 5.97. The van der Waals surface area contributed by atoms with Crippen LogP contribution in [0.25, 0.3) is 0 Å². The molecule has 0 saturated carbocycles. The number of nitrogens with one attached hydrogen (secondary N) is 3. The van der Waals surface area contributed by atoms with E-state index in [1.54, 1.807) is 12.4 Å². The van der Waals surface area contributed by atoms with E-state index in [1.807, 2.05) is 0 Å². The van der Waals surface area contributed by atoms with Gasteiger partial charge in [-0.05, 0) is 6.42 Å². The first-order valence-electron chi connectivity index (χ1n) is 4.35. The lowest BCUT2D eigenvalue weighted by Crippen LogP contribution is -2.37. The highest BCUT2D eigenvalue weighted by atomic mass is 16.2. The molecule has 1 fully saturated rings. The summed E-state index contributed by atoms with van der Waals surface area (Å²) in [5.74, 6) is 0.0894. The summed E-state index contributed by atoms with van der Waals surface area (Å²) in [7, 11) is 0. The third-order valence-corrected chi connectivity index (χ3v) is 2.05. The third kappa shape index (κ3) is 1.73. The van der Waals surface area contributed by atoms with Crippen molar-refractivity contribution in [1.29, 1.82) is 0 Å². The summed E-state index contributed by atoms with van der Waals surface area (Å²) in [6, 6.07) is -0.424. The van der Waals surface area contributed by atoms with Gasteiger partial charge in [0.05, 0.1) is 0 Å². The lowest BCUT2D eigenvalue weighted by atomic mass is 10.2. The number of anilines is 1. The van der Waals surface area contributed by atoms with E-state index in [-0.39, 0.29) is 11.8 Å². The number of amides is 2. The molecule has 0 aliphatic carbocycles. The molecular formula is C8H10N4O2. The molecule has 0 aromatic carbocycles. The molecule has 1 aromatic rings. The topological polar surface area (TPSA) is 86.9 Å². The maximum Gasteiger partial charge on any atom is 0.249 e. The zero-order chi connectivity index (χ0) is 9.97. The average molecular weight is 194 g/mol. The molecule has 1 aliphatic heterocycles. The molecule has 1 unspecified atom stereocenters. The van der Waals surface area contributed by atoms with Crippen LogP contribution in [0.3, 0.4) is 0 Å². The van der Waals surface area contributed by atoms with Crippen molar-refractivity contribution in [3.63, 3.8) is 0 Å². The Labute approximate surface area is 80.1 Å². The van der Waals surface area contributed by atoms with Gasteiger partial charge in [0.25, 0.3) is 0 Å². The van der Waals surface area contributed by atoms with Crippen LogP contribution in [0.4, 0.5) is 5.95 Å². The Bertz CT molecular complexity index is 346. The predicted octanol–water partition coefficient (Wildman–Crippen LogP) is -0.373. The summed E-state index contributed by atoms with van der Waals surface area (Å²) >= 11 is 0.